The molecule has 6 nitrogen and oxygen atoms in total. The summed E-state index contributed by atoms with van der Waals surface area (Å²) in [4.78, 5) is 24.7. The second-order valence-corrected chi connectivity index (χ2v) is 10.7. The summed E-state index contributed by atoms with van der Waals surface area (Å²) < 4.78 is 10.7. The van der Waals surface area contributed by atoms with Gasteiger partial charge >= 0.3 is 11.9 Å². The first-order valence-corrected chi connectivity index (χ1v) is 13.5. The smallest absolute Gasteiger partial charge is 0.339 e. The molecular weight excluding hydrogens is 504 g/mol. The van der Waals surface area contributed by atoms with Gasteiger partial charge in [0.15, 0.2) is 0 Å². The fourth-order valence-corrected chi connectivity index (χ4v) is 5.03. The van der Waals surface area contributed by atoms with Crippen LogP contribution in [0, 0.1) is 0 Å². The molecule has 0 spiro atoms. The maximum absolute atomic E-state index is 13.2. The van der Waals surface area contributed by atoms with Gasteiger partial charge in [-0.25, -0.2) is 9.59 Å². The summed E-state index contributed by atoms with van der Waals surface area (Å²) in [6.07, 6.45) is 1.99. The molecule has 0 heterocycles. The zero-order valence-electron chi connectivity index (χ0n) is 23.2. The van der Waals surface area contributed by atoms with E-state index in [4.69, 9.17) is 9.47 Å². The van der Waals surface area contributed by atoms with Crippen LogP contribution in [0.4, 0.5) is 0 Å². The molecule has 0 radical (unpaired) electrons. The fourth-order valence-electron chi connectivity index (χ4n) is 5.03. The number of rotatable bonds is 11. The second kappa shape index (κ2) is 12.9. The Morgan fingerprint density at radius 2 is 1.40 bits per heavy atom. The van der Waals surface area contributed by atoms with Crippen LogP contribution in [-0.2, 0) is 26.1 Å². The van der Waals surface area contributed by atoms with Crippen molar-refractivity contribution in [3.05, 3.63) is 108 Å². The number of allylic oxidation sites excluding steroid dienone is 1. The van der Waals surface area contributed by atoms with Gasteiger partial charge in [-0.15, -0.1) is 0 Å². The Kier molecular flexibility index (Phi) is 9.35. The number of carbonyl (C=O) groups is 2. The molecule has 0 bridgehead atoms. The van der Waals surface area contributed by atoms with Crippen molar-refractivity contribution in [1.29, 1.82) is 0 Å². The monoisotopic (exact) mass is 540 g/mol. The highest BCUT2D eigenvalue weighted by Gasteiger charge is 2.25. The number of benzene rings is 4. The van der Waals surface area contributed by atoms with Crippen molar-refractivity contribution in [2.75, 3.05) is 13.2 Å². The molecule has 0 aromatic heterocycles. The SMILES string of the molecule is CC=CC(=O)OCC(O)CC(C)(C)c1ccc(CC(O)COC(=O)c2c3ccccc3cc3ccccc23)cc1. The first-order valence-electron chi connectivity index (χ1n) is 13.5. The molecule has 2 unspecified atom stereocenters. The molecule has 0 aliphatic heterocycles. The molecule has 208 valence electrons. The quantitative estimate of drug-likeness (QED) is 0.140. The van der Waals surface area contributed by atoms with E-state index in [1.165, 1.54) is 6.08 Å². The molecule has 2 atom stereocenters. The number of carbonyl (C=O) groups excluding carboxylic acids is 2. The fraction of sp³-hybridized carbons (Fsp3) is 0.294. The Morgan fingerprint density at radius 1 is 0.825 bits per heavy atom. The van der Waals surface area contributed by atoms with Gasteiger partial charge in [0.05, 0.1) is 17.8 Å². The minimum absolute atomic E-state index is 0.0653. The van der Waals surface area contributed by atoms with Gasteiger partial charge in [0.2, 0.25) is 0 Å². The third-order valence-electron chi connectivity index (χ3n) is 7.06. The molecule has 4 rings (SSSR count). The highest BCUT2D eigenvalue weighted by Crippen LogP contribution is 2.30. The zero-order valence-corrected chi connectivity index (χ0v) is 23.2. The molecule has 2 N–H and O–H groups in total. The molecule has 4 aromatic rings. The van der Waals surface area contributed by atoms with E-state index in [9.17, 15) is 19.8 Å². The summed E-state index contributed by atoms with van der Waals surface area (Å²) in [5, 5.41) is 24.6. The lowest BCUT2D eigenvalue weighted by Crippen LogP contribution is -2.28. The van der Waals surface area contributed by atoms with Crippen molar-refractivity contribution < 1.29 is 29.3 Å². The van der Waals surface area contributed by atoms with Gasteiger partial charge in [0.25, 0.3) is 0 Å². The first kappa shape index (κ1) is 29.0. The minimum Gasteiger partial charge on any atom is -0.460 e. The number of aliphatic hydroxyl groups excluding tert-OH is 2. The van der Waals surface area contributed by atoms with Crippen LogP contribution in [0.3, 0.4) is 0 Å². The maximum atomic E-state index is 13.2. The summed E-state index contributed by atoms with van der Waals surface area (Å²) in [7, 11) is 0. The number of esters is 2. The van der Waals surface area contributed by atoms with Crippen LogP contribution in [-0.4, -0.2) is 47.6 Å². The lowest BCUT2D eigenvalue weighted by molar-refractivity contribution is -0.141. The average Bonchev–Trinajstić information content (AvgIpc) is 2.93. The van der Waals surface area contributed by atoms with E-state index in [0.717, 1.165) is 32.7 Å². The van der Waals surface area contributed by atoms with E-state index >= 15 is 0 Å². The van der Waals surface area contributed by atoms with Crippen LogP contribution in [0.1, 0.15) is 48.7 Å². The summed E-state index contributed by atoms with van der Waals surface area (Å²) in [6, 6.07) is 25.3. The molecule has 0 aliphatic rings. The highest BCUT2D eigenvalue weighted by molar-refractivity contribution is 6.16. The lowest BCUT2D eigenvalue weighted by atomic mass is 9.79. The van der Waals surface area contributed by atoms with Crippen molar-refractivity contribution in [3.8, 4) is 0 Å². The van der Waals surface area contributed by atoms with Crippen molar-refractivity contribution in [2.45, 2.75) is 51.2 Å². The van der Waals surface area contributed by atoms with E-state index < -0.39 is 24.1 Å². The molecule has 6 heteroatoms. The summed E-state index contributed by atoms with van der Waals surface area (Å²) in [5.41, 5.74) is 2.06. The normalized spacial score (nSPS) is 13.4. The molecule has 0 fully saturated rings. The van der Waals surface area contributed by atoms with Crippen molar-refractivity contribution in [3.63, 3.8) is 0 Å². The van der Waals surface area contributed by atoms with E-state index in [1.807, 2.05) is 86.6 Å². The first-order chi connectivity index (χ1) is 19.2. The molecular formula is C34H36O6. The molecule has 0 saturated carbocycles. The van der Waals surface area contributed by atoms with Gasteiger partial charge in [0, 0.05) is 12.5 Å². The van der Waals surface area contributed by atoms with Crippen molar-refractivity contribution >= 4 is 33.5 Å². The number of hydrogen-bond acceptors (Lipinski definition) is 6. The number of aliphatic hydroxyl groups is 2. The molecule has 0 aliphatic carbocycles. The Bertz CT molecular complexity index is 1450. The summed E-state index contributed by atoms with van der Waals surface area (Å²) in [5.74, 6) is -0.933. The Morgan fingerprint density at radius 3 is 2.00 bits per heavy atom. The van der Waals surface area contributed by atoms with Crippen LogP contribution in [0.25, 0.3) is 21.5 Å². The number of ether oxygens (including phenoxy) is 2. The van der Waals surface area contributed by atoms with Gasteiger partial charge in [-0.3, -0.25) is 0 Å². The predicted molar refractivity (Wildman–Crippen MR) is 157 cm³/mol. The molecule has 40 heavy (non-hydrogen) atoms. The third-order valence-corrected chi connectivity index (χ3v) is 7.06. The van der Waals surface area contributed by atoms with Crippen LogP contribution in [0.2, 0.25) is 0 Å². The number of fused-ring (bicyclic) bond motifs is 2. The topological polar surface area (TPSA) is 93.1 Å². The van der Waals surface area contributed by atoms with Crippen LogP contribution in [0.5, 0.6) is 0 Å². The van der Waals surface area contributed by atoms with Gasteiger partial charge < -0.3 is 19.7 Å². The summed E-state index contributed by atoms with van der Waals surface area (Å²) in [6.45, 7) is 5.57. The van der Waals surface area contributed by atoms with E-state index in [-0.39, 0.29) is 18.6 Å². The summed E-state index contributed by atoms with van der Waals surface area (Å²) >= 11 is 0. The minimum atomic E-state index is -0.863. The molecule has 0 saturated heterocycles. The average molecular weight is 541 g/mol. The van der Waals surface area contributed by atoms with E-state index in [0.29, 0.717) is 18.4 Å². The largest absolute Gasteiger partial charge is 0.460 e. The third kappa shape index (κ3) is 7.14. The lowest BCUT2D eigenvalue weighted by Gasteiger charge is -2.28. The van der Waals surface area contributed by atoms with Gasteiger partial charge in [-0.2, -0.15) is 0 Å². The number of hydrogen-bond donors (Lipinski definition) is 2. The maximum Gasteiger partial charge on any atom is 0.339 e. The second-order valence-electron chi connectivity index (χ2n) is 10.7. The molecule has 4 aromatic carbocycles. The Balaban J connectivity index is 1.35. The van der Waals surface area contributed by atoms with Crippen LogP contribution < -0.4 is 0 Å². The standard InChI is InChI=1S/C34H36O6/c1-4-9-31(37)39-22-28(36)20-34(2,3)26-16-14-23(15-17-26)18-27(35)21-40-33(38)32-29-12-7-5-10-24(29)19-25-11-6-8-13-30(25)32/h4-17,19,27-28,35-36H,18,20-22H2,1-3H3. The van der Waals surface area contributed by atoms with Gasteiger partial charge in [0.1, 0.15) is 13.2 Å². The van der Waals surface area contributed by atoms with Crippen LogP contribution in [0.15, 0.2) is 91.0 Å². The van der Waals surface area contributed by atoms with Gasteiger partial charge in [-0.1, -0.05) is 92.7 Å². The van der Waals surface area contributed by atoms with Crippen molar-refractivity contribution in [2.24, 2.45) is 0 Å². The highest BCUT2D eigenvalue weighted by atomic mass is 16.5. The van der Waals surface area contributed by atoms with Gasteiger partial charge in [-0.05, 0) is 57.5 Å². The van der Waals surface area contributed by atoms with Crippen molar-refractivity contribution in [1.82, 2.24) is 0 Å². The zero-order chi connectivity index (χ0) is 28.7. The van der Waals surface area contributed by atoms with E-state index in [1.54, 1.807) is 13.0 Å². The molecule has 0 amide bonds. The van der Waals surface area contributed by atoms with E-state index in [2.05, 4.69) is 6.07 Å². The van der Waals surface area contributed by atoms with Crippen LogP contribution >= 0.6 is 0 Å². The Labute approximate surface area is 234 Å². The predicted octanol–water partition coefficient (Wildman–Crippen LogP) is 5.90. The Hall–Kier alpha value is -4.00.